The third kappa shape index (κ3) is 3.24. The molecule has 0 saturated carbocycles. The van der Waals surface area contributed by atoms with Gasteiger partial charge in [0.1, 0.15) is 11.6 Å². The third-order valence-corrected chi connectivity index (χ3v) is 2.91. The Morgan fingerprint density at radius 3 is 2.65 bits per heavy atom. The van der Waals surface area contributed by atoms with Crippen molar-refractivity contribution in [2.24, 2.45) is 0 Å². The predicted molar refractivity (Wildman–Crippen MR) is 73.4 cm³/mol. The van der Waals surface area contributed by atoms with Crippen LogP contribution >= 0.6 is 11.6 Å². The molecule has 1 amide bonds. The molecule has 2 rings (SSSR count). The summed E-state index contributed by atoms with van der Waals surface area (Å²) < 4.78 is 26.5. The summed E-state index contributed by atoms with van der Waals surface area (Å²) >= 11 is 5.81. The highest BCUT2D eigenvalue weighted by atomic mass is 35.5. The van der Waals surface area contributed by atoms with Crippen molar-refractivity contribution in [3.05, 3.63) is 64.2 Å². The van der Waals surface area contributed by atoms with Crippen LogP contribution < -0.4 is 11.1 Å². The minimum atomic E-state index is -0.958. The first-order valence-electron chi connectivity index (χ1n) is 5.74. The Morgan fingerprint density at radius 2 is 1.95 bits per heavy atom. The topological polar surface area (TPSA) is 55.1 Å². The first-order valence-corrected chi connectivity index (χ1v) is 6.12. The van der Waals surface area contributed by atoms with Crippen LogP contribution in [0.3, 0.4) is 0 Å². The fourth-order valence-electron chi connectivity index (χ4n) is 1.66. The van der Waals surface area contributed by atoms with Crippen molar-refractivity contribution < 1.29 is 13.6 Å². The molecule has 0 atom stereocenters. The van der Waals surface area contributed by atoms with E-state index in [1.807, 2.05) is 0 Å². The summed E-state index contributed by atoms with van der Waals surface area (Å²) in [5.74, 6) is -2.52. The minimum Gasteiger partial charge on any atom is -0.396 e. The number of hydrogen-bond donors (Lipinski definition) is 2. The standard InChI is InChI=1S/C14H11ClF2N2O/c15-9-3-1-2-8(4-9)7-19-14(20)10-5-13(18)12(17)6-11(10)16/h1-6H,7,18H2,(H,19,20). The van der Waals surface area contributed by atoms with E-state index >= 15 is 0 Å². The second-order valence-corrected chi connectivity index (χ2v) is 4.60. The number of nitrogens with two attached hydrogens (primary N) is 1. The Hall–Kier alpha value is -2.14. The van der Waals surface area contributed by atoms with Gasteiger partial charge < -0.3 is 11.1 Å². The summed E-state index contributed by atoms with van der Waals surface area (Å²) in [6, 6.07) is 8.44. The SMILES string of the molecule is Nc1cc(C(=O)NCc2cccc(Cl)c2)c(F)cc1F. The fourth-order valence-corrected chi connectivity index (χ4v) is 1.88. The molecule has 2 aromatic carbocycles. The number of amides is 1. The molecule has 0 unspecified atom stereocenters. The average Bonchev–Trinajstić information content (AvgIpc) is 2.40. The summed E-state index contributed by atoms with van der Waals surface area (Å²) in [5, 5.41) is 3.05. The zero-order valence-electron chi connectivity index (χ0n) is 10.3. The second-order valence-electron chi connectivity index (χ2n) is 4.17. The molecule has 0 aromatic heterocycles. The third-order valence-electron chi connectivity index (χ3n) is 2.67. The zero-order valence-corrected chi connectivity index (χ0v) is 11.0. The van der Waals surface area contributed by atoms with Crippen LogP contribution in [0.1, 0.15) is 15.9 Å². The molecule has 3 nitrogen and oxygen atoms in total. The molecule has 2 aromatic rings. The molecule has 0 aliphatic rings. The molecule has 0 saturated heterocycles. The Kier molecular flexibility index (Phi) is 4.20. The number of halogens is 3. The van der Waals surface area contributed by atoms with E-state index in [-0.39, 0.29) is 17.8 Å². The lowest BCUT2D eigenvalue weighted by atomic mass is 10.1. The molecule has 0 fully saturated rings. The largest absolute Gasteiger partial charge is 0.396 e. The maximum absolute atomic E-state index is 13.5. The highest BCUT2D eigenvalue weighted by Gasteiger charge is 2.14. The molecular formula is C14H11ClF2N2O. The summed E-state index contributed by atoms with van der Waals surface area (Å²) in [6.45, 7) is 0.177. The van der Waals surface area contributed by atoms with Gasteiger partial charge in [0.05, 0.1) is 11.3 Å². The maximum Gasteiger partial charge on any atom is 0.254 e. The van der Waals surface area contributed by atoms with Gasteiger partial charge in [-0.05, 0) is 23.8 Å². The molecule has 0 aliphatic carbocycles. The number of rotatable bonds is 3. The lowest BCUT2D eigenvalue weighted by molar-refractivity contribution is 0.0947. The van der Waals surface area contributed by atoms with E-state index in [2.05, 4.69) is 5.32 Å². The van der Waals surface area contributed by atoms with E-state index in [1.54, 1.807) is 24.3 Å². The lowest BCUT2D eigenvalue weighted by Crippen LogP contribution is -2.24. The van der Waals surface area contributed by atoms with Crippen LogP contribution in [0.4, 0.5) is 14.5 Å². The van der Waals surface area contributed by atoms with Crippen molar-refractivity contribution in [3.8, 4) is 0 Å². The van der Waals surface area contributed by atoms with Crippen LogP contribution in [0.25, 0.3) is 0 Å². The molecule has 3 N–H and O–H groups in total. The Morgan fingerprint density at radius 1 is 1.20 bits per heavy atom. The van der Waals surface area contributed by atoms with Crippen molar-refractivity contribution >= 4 is 23.2 Å². The van der Waals surface area contributed by atoms with Gasteiger partial charge in [-0.2, -0.15) is 0 Å². The van der Waals surface area contributed by atoms with Gasteiger partial charge in [-0.3, -0.25) is 4.79 Å². The number of nitrogens with one attached hydrogen (secondary N) is 1. The summed E-state index contributed by atoms with van der Waals surface area (Å²) in [6.07, 6.45) is 0. The zero-order chi connectivity index (χ0) is 14.7. The van der Waals surface area contributed by atoms with Crippen LogP contribution in [-0.4, -0.2) is 5.91 Å². The first-order chi connectivity index (χ1) is 9.47. The van der Waals surface area contributed by atoms with Crippen molar-refractivity contribution in [2.75, 3.05) is 5.73 Å². The van der Waals surface area contributed by atoms with E-state index in [0.29, 0.717) is 11.1 Å². The number of anilines is 1. The summed E-state index contributed by atoms with van der Waals surface area (Å²) in [7, 11) is 0. The molecule has 104 valence electrons. The van der Waals surface area contributed by atoms with Crippen LogP contribution in [0.2, 0.25) is 5.02 Å². The van der Waals surface area contributed by atoms with Crippen molar-refractivity contribution in [3.63, 3.8) is 0 Å². The molecule has 0 aliphatic heterocycles. The fraction of sp³-hybridized carbons (Fsp3) is 0.0714. The number of nitrogen functional groups attached to an aromatic ring is 1. The molecule has 0 heterocycles. The van der Waals surface area contributed by atoms with Gasteiger partial charge in [0.25, 0.3) is 5.91 Å². The van der Waals surface area contributed by atoms with Gasteiger partial charge in [-0.1, -0.05) is 23.7 Å². The van der Waals surface area contributed by atoms with E-state index in [9.17, 15) is 13.6 Å². The number of carbonyl (C=O) groups excluding carboxylic acids is 1. The second kappa shape index (κ2) is 5.88. The Balaban J connectivity index is 2.11. The van der Waals surface area contributed by atoms with Crippen molar-refractivity contribution in [1.82, 2.24) is 5.32 Å². The molecule has 20 heavy (non-hydrogen) atoms. The smallest absolute Gasteiger partial charge is 0.254 e. The van der Waals surface area contributed by atoms with Gasteiger partial charge in [0, 0.05) is 17.6 Å². The number of carbonyl (C=O) groups is 1. The highest BCUT2D eigenvalue weighted by Crippen LogP contribution is 2.17. The van der Waals surface area contributed by atoms with Gasteiger partial charge in [0.2, 0.25) is 0 Å². The molecule has 0 radical (unpaired) electrons. The highest BCUT2D eigenvalue weighted by molar-refractivity contribution is 6.30. The Bertz CT molecular complexity index is 662. The molecule has 0 spiro atoms. The molecular weight excluding hydrogens is 286 g/mol. The normalized spacial score (nSPS) is 10.3. The van der Waals surface area contributed by atoms with Gasteiger partial charge >= 0.3 is 0 Å². The van der Waals surface area contributed by atoms with Crippen LogP contribution in [-0.2, 0) is 6.54 Å². The summed E-state index contributed by atoms with van der Waals surface area (Å²) in [5.41, 5.74) is 5.50. The van der Waals surface area contributed by atoms with Gasteiger partial charge in [0.15, 0.2) is 0 Å². The minimum absolute atomic E-state index is 0.177. The monoisotopic (exact) mass is 296 g/mol. The molecule has 6 heteroatoms. The summed E-state index contributed by atoms with van der Waals surface area (Å²) in [4.78, 5) is 11.8. The van der Waals surface area contributed by atoms with Crippen LogP contribution in [0, 0.1) is 11.6 Å². The quantitative estimate of drug-likeness (QED) is 0.855. The first kappa shape index (κ1) is 14.3. The maximum atomic E-state index is 13.5. The number of hydrogen-bond acceptors (Lipinski definition) is 2. The van der Waals surface area contributed by atoms with Crippen molar-refractivity contribution in [1.29, 1.82) is 0 Å². The van der Waals surface area contributed by atoms with Crippen molar-refractivity contribution in [2.45, 2.75) is 6.54 Å². The van der Waals surface area contributed by atoms with Gasteiger partial charge in [-0.25, -0.2) is 8.78 Å². The van der Waals surface area contributed by atoms with E-state index in [0.717, 1.165) is 11.6 Å². The molecule has 0 bridgehead atoms. The van der Waals surface area contributed by atoms with E-state index in [4.69, 9.17) is 17.3 Å². The number of benzene rings is 2. The van der Waals surface area contributed by atoms with Gasteiger partial charge in [-0.15, -0.1) is 0 Å². The van der Waals surface area contributed by atoms with E-state index < -0.39 is 17.5 Å². The van der Waals surface area contributed by atoms with E-state index in [1.165, 1.54) is 0 Å². The van der Waals surface area contributed by atoms with Crippen LogP contribution in [0.15, 0.2) is 36.4 Å². The van der Waals surface area contributed by atoms with Crippen LogP contribution in [0.5, 0.6) is 0 Å². The average molecular weight is 297 g/mol. The lowest BCUT2D eigenvalue weighted by Gasteiger charge is -2.08. The predicted octanol–water partition coefficient (Wildman–Crippen LogP) is 3.13. The Labute approximate surface area is 119 Å².